The van der Waals surface area contributed by atoms with Gasteiger partial charge in [-0.2, -0.15) is 0 Å². The van der Waals surface area contributed by atoms with Gasteiger partial charge < -0.3 is 10.1 Å². The van der Waals surface area contributed by atoms with Crippen LogP contribution in [0.25, 0.3) is 10.2 Å². The molecule has 0 radical (unpaired) electrons. The molecule has 1 aliphatic heterocycles. The van der Waals surface area contributed by atoms with E-state index in [0.29, 0.717) is 12.0 Å². The lowest BCUT2D eigenvalue weighted by atomic mass is 10.0. The Hall–Kier alpha value is -0.680. The molecule has 1 fully saturated rings. The number of ether oxygens (including phenoxy) is 1. The number of hydrogen-bond donors (Lipinski definition) is 1. The van der Waals surface area contributed by atoms with Crippen LogP contribution in [0.3, 0.4) is 0 Å². The second-order valence-corrected chi connectivity index (χ2v) is 6.37. The van der Waals surface area contributed by atoms with Gasteiger partial charge in [0.15, 0.2) is 0 Å². The van der Waals surface area contributed by atoms with E-state index in [-0.39, 0.29) is 0 Å². The van der Waals surface area contributed by atoms with Crippen molar-refractivity contribution in [2.24, 2.45) is 0 Å². The van der Waals surface area contributed by atoms with E-state index in [1.54, 1.807) is 11.3 Å². The summed E-state index contributed by atoms with van der Waals surface area (Å²) < 4.78 is 6.78. The van der Waals surface area contributed by atoms with Crippen LogP contribution in [0.2, 0.25) is 5.02 Å². The van der Waals surface area contributed by atoms with Gasteiger partial charge in [0.1, 0.15) is 5.01 Å². The van der Waals surface area contributed by atoms with Crippen molar-refractivity contribution in [2.45, 2.75) is 25.3 Å². The lowest BCUT2D eigenvalue weighted by Crippen LogP contribution is -2.34. The molecular weight excluding hydrogens is 280 g/mol. The van der Waals surface area contributed by atoms with Crippen LogP contribution in [0.5, 0.6) is 0 Å². The molecule has 1 aromatic heterocycles. The van der Waals surface area contributed by atoms with Gasteiger partial charge in [0, 0.05) is 11.1 Å². The van der Waals surface area contributed by atoms with Crippen LogP contribution in [0.1, 0.15) is 24.3 Å². The number of hydrogen-bond acceptors (Lipinski definition) is 4. The minimum absolute atomic E-state index is 0.364. The van der Waals surface area contributed by atoms with Gasteiger partial charge in [-0.15, -0.1) is 11.3 Å². The van der Waals surface area contributed by atoms with Crippen LogP contribution < -0.4 is 5.32 Å². The van der Waals surface area contributed by atoms with Gasteiger partial charge in [-0.05, 0) is 31.2 Å². The van der Waals surface area contributed by atoms with E-state index in [1.807, 2.05) is 18.2 Å². The van der Waals surface area contributed by atoms with E-state index >= 15 is 0 Å². The summed E-state index contributed by atoms with van der Waals surface area (Å²) in [5.74, 6) is 0.364. The Morgan fingerprint density at radius 1 is 1.47 bits per heavy atom. The Kier molecular flexibility index (Phi) is 4.03. The number of benzene rings is 1. The number of halogens is 1. The van der Waals surface area contributed by atoms with Gasteiger partial charge in [0.25, 0.3) is 0 Å². The van der Waals surface area contributed by atoms with Gasteiger partial charge in [0.2, 0.25) is 0 Å². The van der Waals surface area contributed by atoms with Crippen LogP contribution >= 0.6 is 22.9 Å². The molecule has 2 unspecified atom stereocenters. The quantitative estimate of drug-likeness (QED) is 0.938. The fourth-order valence-electron chi connectivity index (χ4n) is 2.40. The Morgan fingerprint density at radius 3 is 3.21 bits per heavy atom. The van der Waals surface area contributed by atoms with Crippen LogP contribution in [0.4, 0.5) is 0 Å². The standard InChI is InChI=1S/C14H17ClN2OS/c1-2-5-16-12-8-18-7-10(12)14-17-11-4-3-9(15)6-13(11)19-14/h3-4,6,10,12,16H,2,5,7-8H2,1H3. The smallest absolute Gasteiger partial charge is 0.101 e. The Balaban J connectivity index is 1.86. The van der Waals surface area contributed by atoms with Gasteiger partial charge in [-0.25, -0.2) is 4.98 Å². The monoisotopic (exact) mass is 296 g/mol. The zero-order chi connectivity index (χ0) is 13.2. The van der Waals surface area contributed by atoms with Gasteiger partial charge in [0.05, 0.1) is 29.3 Å². The summed E-state index contributed by atoms with van der Waals surface area (Å²) in [6.07, 6.45) is 1.14. The Bertz CT molecular complexity index is 572. The summed E-state index contributed by atoms with van der Waals surface area (Å²) in [7, 11) is 0. The van der Waals surface area contributed by atoms with Crippen LogP contribution in [0, 0.1) is 0 Å². The van der Waals surface area contributed by atoms with Crippen molar-refractivity contribution >= 4 is 33.2 Å². The zero-order valence-corrected chi connectivity index (χ0v) is 12.4. The predicted octanol–water partition coefficient (Wildman–Crippen LogP) is 3.43. The molecule has 1 saturated heterocycles. The average molecular weight is 297 g/mol. The van der Waals surface area contributed by atoms with E-state index in [2.05, 4.69) is 12.2 Å². The molecule has 2 heterocycles. The first kappa shape index (κ1) is 13.3. The highest BCUT2D eigenvalue weighted by Crippen LogP contribution is 2.33. The predicted molar refractivity (Wildman–Crippen MR) is 80.3 cm³/mol. The number of thiazole rings is 1. The third-order valence-electron chi connectivity index (χ3n) is 3.42. The van der Waals surface area contributed by atoms with Crippen molar-refractivity contribution in [1.29, 1.82) is 0 Å². The molecule has 102 valence electrons. The maximum absolute atomic E-state index is 6.03. The molecule has 1 aliphatic rings. The van der Waals surface area contributed by atoms with Crippen molar-refractivity contribution in [3.8, 4) is 0 Å². The highest BCUT2D eigenvalue weighted by Gasteiger charge is 2.31. The summed E-state index contributed by atoms with van der Waals surface area (Å²) in [6, 6.07) is 6.26. The second kappa shape index (κ2) is 5.75. The molecule has 0 amide bonds. The van der Waals surface area contributed by atoms with Gasteiger partial charge >= 0.3 is 0 Å². The van der Waals surface area contributed by atoms with Crippen LogP contribution in [-0.2, 0) is 4.74 Å². The van der Waals surface area contributed by atoms with E-state index in [9.17, 15) is 0 Å². The summed E-state index contributed by atoms with van der Waals surface area (Å²) in [6.45, 7) is 4.75. The van der Waals surface area contributed by atoms with Crippen molar-refractivity contribution < 1.29 is 4.74 Å². The summed E-state index contributed by atoms with van der Waals surface area (Å²) in [5, 5.41) is 5.48. The normalized spacial score (nSPS) is 23.3. The minimum Gasteiger partial charge on any atom is -0.379 e. The minimum atomic E-state index is 0.364. The molecule has 3 rings (SSSR count). The SMILES string of the molecule is CCCNC1COCC1c1nc2ccc(Cl)cc2s1. The Labute approximate surface area is 121 Å². The van der Waals surface area contributed by atoms with E-state index in [4.69, 9.17) is 21.3 Å². The molecule has 19 heavy (non-hydrogen) atoms. The maximum Gasteiger partial charge on any atom is 0.101 e. The largest absolute Gasteiger partial charge is 0.379 e. The molecule has 1 aromatic carbocycles. The van der Waals surface area contributed by atoms with Crippen molar-refractivity contribution in [3.63, 3.8) is 0 Å². The number of nitrogens with one attached hydrogen (secondary N) is 1. The summed E-state index contributed by atoms with van der Waals surface area (Å²) in [5.41, 5.74) is 1.03. The highest BCUT2D eigenvalue weighted by atomic mass is 35.5. The van der Waals surface area contributed by atoms with Crippen molar-refractivity contribution in [1.82, 2.24) is 10.3 Å². The third kappa shape index (κ3) is 2.77. The average Bonchev–Trinajstić information content (AvgIpc) is 3.01. The van der Waals surface area contributed by atoms with Crippen molar-refractivity contribution in [3.05, 3.63) is 28.2 Å². The highest BCUT2D eigenvalue weighted by molar-refractivity contribution is 7.18. The number of nitrogens with zero attached hydrogens (tertiary/aromatic N) is 1. The third-order valence-corrected chi connectivity index (χ3v) is 4.81. The van der Waals surface area contributed by atoms with E-state index in [1.165, 1.54) is 0 Å². The molecule has 3 nitrogen and oxygen atoms in total. The molecular formula is C14H17ClN2OS. The lowest BCUT2D eigenvalue weighted by molar-refractivity contribution is 0.187. The molecule has 1 N–H and O–H groups in total. The fourth-order valence-corrected chi connectivity index (χ4v) is 3.80. The van der Waals surface area contributed by atoms with Crippen LogP contribution in [-0.4, -0.2) is 30.8 Å². The molecule has 0 saturated carbocycles. The zero-order valence-electron chi connectivity index (χ0n) is 10.9. The maximum atomic E-state index is 6.03. The first-order valence-corrected chi connectivity index (χ1v) is 7.84. The van der Waals surface area contributed by atoms with E-state index in [0.717, 1.165) is 46.4 Å². The number of rotatable bonds is 4. The molecule has 2 atom stereocenters. The molecule has 0 aliphatic carbocycles. The molecule has 2 aromatic rings. The number of aromatic nitrogens is 1. The first-order chi connectivity index (χ1) is 9.28. The number of fused-ring (bicyclic) bond motifs is 1. The lowest BCUT2D eigenvalue weighted by Gasteiger charge is -2.16. The fraction of sp³-hybridized carbons (Fsp3) is 0.500. The summed E-state index contributed by atoms with van der Waals surface area (Å²) in [4.78, 5) is 4.73. The first-order valence-electron chi connectivity index (χ1n) is 6.65. The van der Waals surface area contributed by atoms with Crippen molar-refractivity contribution in [2.75, 3.05) is 19.8 Å². The van der Waals surface area contributed by atoms with Crippen LogP contribution in [0.15, 0.2) is 18.2 Å². The molecule has 5 heteroatoms. The van der Waals surface area contributed by atoms with E-state index < -0.39 is 0 Å². The molecule has 0 bridgehead atoms. The second-order valence-electron chi connectivity index (χ2n) is 4.87. The summed E-state index contributed by atoms with van der Waals surface area (Å²) >= 11 is 7.76. The Morgan fingerprint density at radius 2 is 2.37 bits per heavy atom. The topological polar surface area (TPSA) is 34.1 Å². The molecule has 0 spiro atoms. The van der Waals surface area contributed by atoms with Gasteiger partial charge in [-0.3, -0.25) is 0 Å². The van der Waals surface area contributed by atoms with Gasteiger partial charge in [-0.1, -0.05) is 18.5 Å².